The fraction of sp³-hybridized carbons (Fsp3) is 0.636. The number of likely N-dealkylation sites (tertiary alicyclic amines) is 2. The number of amides is 2. The number of fused-ring (bicyclic) bond motifs is 1. The van der Waals surface area contributed by atoms with Crippen LogP contribution in [0.15, 0.2) is 18.2 Å². The van der Waals surface area contributed by atoms with E-state index in [1.165, 1.54) is 16.7 Å². The Morgan fingerprint density at radius 3 is 2.64 bits per heavy atom. The molecule has 2 atom stereocenters. The van der Waals surface area contributed by atoms with Crippen molar-refractivity contribution in [3.8, 4) is 0 Å². The number of aryl methyl sites for hydroxylation is 1. The summed E-state index contributed by atoms with van der Waals surface area (Å²) in [4.78, 5) is 30.8. The van der Waals surface area contributed by atoms with E-state index in [0.29, 0.717) is 19.5 Å². The van der Waals surface area contributed by atoms with Gasteiger partial charge in [0, 0.05) is 38.6 Å². The molecular weight excluding hydrogens is 354 g/mol. The molecule has 6 heteroatoms. The summed E-state index contributed by atoms with van der Waals surface area (Å²) in [7, 11) is 0. The number of carbonyl (C=O) groups is 2. The summed E-state index contributed by atoms with van der Waals surface area (Å²) in [6.07, 6.45) is 2.09. The third kappa shape index (κ3) is 3.50. The summed E-state index contributed by atoms with van der Waals surface area (Å²) < 4.78 is 5.61. The van der Waals surface area contributed by atoms with Crippen molar-refractivity contribution in [2.24, 2.45) is 0 Å². The van der Waals surface area contributed by atoms with Gasteiger partial charge in [0.2, 0.25) is 5.91 Å². The topological polar surface area (TPSA) is 53.1 Å². The smallest absolute Gasteiger partial charge is 0.410 e. The number of rotatable bonds is 4. The molecule has 4 rings (SSSR count). The Balaban J connectivity index is 1.36. The number of hydrogen-bond acceptors (Lipinski definition) is 4. The minimum absolute atomic E-state index is 0.0265. The van der Waals surface area contributed by atoms with Crippen LogP contribution in [0.4, 0.5) is 4.79 Å². The Morgan fingerprint density at radius 2 is 1.93 bits per heavy atom. The SMILES string of the molecule is CCC(=O)N1C[C@@H]2OC(=O)N(C3CCN(Cc4cccc(C)c4C)CC3)[C@@H]2C1. The van der Waals surface area contributed by atoms with Gasteiger partial charge >= 0.3 is 6.09 Å². The monoisotopic (exact) mass is 385 g/mol. The lowest BCUT2D eigenvalue weighted by atomic mass is 9.99. The van der Waals surface area contributed by atoms with E-state index in [4.69, 9.17) is 4.74 Å². The van der Waals surface area contributed by atoms with E-state index in [1.54, 1.807) is 0 Å². The molecule has 0 radical (unpaired) electrons. The molecular formula is C22H31N3O3. The summed E-state index contributed by atoms with van der Waals surface area (Å²) in [5.74, 6) is 0.147. The van der Waals surface area contributed by atoms with Crippen molar-refractivity contribution in [1.29, 1.82) is 0 Å². The zero-order chi connectivity index (χ0) is 19.8. The van der Waals surface area contributed by atoms with Crippen LogP contribution in [-0.2, 0) is 16.1 Å². The summed E-state index contributed by atoms with van der Waals surface area (Å²) in [5.41, 5.74) is 4.11. The van der Waals surface area contributed by atoms with Gasteiger partial charge in [-0.05, 0) is 43.4 Å². The summed E-state index contributed by atoms with van der Waals surface area (Å²) in [6.45, 7) is 10.3. The van der Waals surface area contributed by atoms with Crippen molar-refractivity contribution in [3.63, 3.8) is 0 Å². The van der Waals surface area contributed by atoms with E-state index in [2.05, 4.69) is 36.9 Å². The van der Waals surface area contributed by atoms with E-state index in [0.717, 1.165) is 32.5 Å². The van der Waals surface area contributed by atoms with Crippen LogP contribution < -0.4 is 0 Å². The fourth-order valence-electron chi connectivity index (χ4n) is 4.89. The first-order valence-corrected chi connectivity index (χ1v) is 10.5. The number of ether oxygens (including phenoxy) is 1. The molecule has 152 valence electrons. The molecule has 2 amide bonds. The Hall–Kier alpha value is -2.08. The molecule has 0 unspecified atom stereocenters. The first-order chi connectivity index (χ1) is 13.5. The highest BCUT2D eigenvalue weighted by Crippen LogP contribution is 2.32. The molecule has 6 nitrogen and oxygen atoms in total. The van der Waals surface area contributed by atoms with Gasteiger partial charge in [0.25, 0.3) is 0 Å². The molecule has 3 aliphatic rings. The zero-order valence-electron chi connectivity index (χ0n) is 17.2. The predicted molar refractivity (Wildman–Crippen MR) is 107 cm³/mol. The van der Waals surface area contributed by atoms with Crippen LogP contribution in [0.5, 0.6) is 0 Å². The Kier molecular flexibility index (Phi) is 5.32. The van der Waals surface area contributed by atoms with Gasteiger partial charge in [0.15, 0.2) is 0 Å². The third-order valence-electron chi connectivity index (χ3n) is 6.77. The van der Waals surface area contributed by atoms with E-state index in [-0.39, 0.29) is 30.2 Å². The lowest BCUT2D eigenvalue weighted by Gasteiger charge is -2.38. The third-order valence-corrected chi connectivity index (χ3v) is 6.77. The number of hydrogen-bond donors (Lipinski definition) is 0. The summed E-state index contributed by atoms with van der Waals surface area (Å²) in [6, 6.07) is 6.75. The number of nitrogens with zero attached hydrogens (tertiary/aromatic N) is 3. The largest absolute Gasteiger partial charge is 0.442 e. The standard InChI is InChI=1S/C22H31N3O3/c1-4-21(26)24-13-19-20(14-24)28-22(27)25(19)18-8-10-23(11-9-18)12-17-7-5-6-15(2)16(17)3/h5-7,18-20H,4,8-14H2,1-3H3/t19-,20+/m1/s1. The molecule has 1 aromatic rings. The van der Waals surface area contributed by atoms with Crippen LogP contribution in [-0.4, -0.2) is 71.1 Å². The second-order valence-electron chi connectivity index (χ2n) is 8.42. The molecule has 28 heavy (non-hydrogen) atoms. The van der Waals surface area contributed by atoms with Gasteiger partial charge in [-0.3, -0.25) is 14.6 Å². The average Bonchev–Trinajstić information content (AvgIpc) is 3.22. The molecule has 3 aliphatic heterocycles. The second-order valence-corrected chi connectivity index (χ2v) is 8.42. The first kappa shape index (κ1) is 19.2. The first-order valence-electron chi connectivity index (χ1n) is 10.5. The molecule has 0 spiro atoms. The van der Waals surface area contributed by atoms with Crippen molar-refractivity contribution in [1.82, 2.24) is 14.7 Å². The molecule has 0 aromatic heterocycles. The van der Waals surface area contributed by atoms with Gasteiger partial charge in [-0.25, -0.2) is 4.79 Å². The van der Waals surface area contributed by atoms with Gasteiger partial charge in [0.05, 0.1) is 12.6 Å². The highest BCUT2D eigenvalue weighted by molar-refractivity contribution is 5.77. The van der Waals surface area contributed by atoms with Crippen LogP contribution in [0.25, 0.3) is 0 Å². The van der Waals surface area contributed by atoms with Crippen LogP contribution in [0.1, 0.15) is 42.9 Å². The minimum Gasteiger partial charge on any atom is -0.442 e. The second kappa shape index (κ2) is 7.74. The maximum absolute atomic E-state index is 12.5. The Morgan fingerprint density at radius 1 is 1.18 bits per heavy atom. The summed E-state index contributed by atoms with van der Waals surface area (Å²) >= 11 is 0. The lowest BCUT2D eigenvalue weighted by molar-refractivity contribution is -0.130. The minimum atomic E-state index is -0.188. The normalized spacial score (nSPS) is 25.9. The molecule has 3 heterocycles. The number of piperidine rings is 1. The van der Waals surface area contributed by atoms with Gasteiger partial charge in [-0.2, -0.15) is 0 Å². The molecule has 1 aromatic carbocycles. The summed E-state index contributed by atoms with van der Waals surface area (Å²) in [5, 5.41) is 0. The van der Waals surface area contributed by atoms with Crippen LogP contribution in [0.2, 0.25) is 0 Å². The molecule has 3 fully saturated rings. The van der Waals surface area contributed by atoms with E-state index in [9.17, 15) is 9.59 Å². The van der Waals surface area contributed by atoms with Gasteiger partial charge in [-0.15, -0.1) is 0 Å². The Bertz CT molecular complexity index is 757. The quantitative estimate of drug-likeness (QED) is 0.800. The van der Waals surface area contributed by atoms with Crippen molar-refractivity contribution >= 4 is 12.0 Å². The van der Waals surface area contributed by atoms with Gasteiger partial charge < -0.3 is 9.64 Å². The van der Waals surface area contributed by atoms with Crippen LogP contribution in [0, 0.1) is 13.8 Å². The van der Waals surface area contributed by atoms with Crippen molar-refractivity contribution in [2.75, 3.05) is 26.2 Å². The predicted octanol–water partition coefficient (Wildman–Crippen LogP) is 2.71. The molecule has 0 aliphatic carbocycles. The lowest BCUT2D eigenvalue weighted by Crippen LogP contribution is -2.50. The molecule has 3 saturated heterocycles. The van der Waals surface area contributed by atoms with Crippen molar-refractivity contribution in [3.05, 3.63) is 34.9 Å². The molecule has 0 saturated carbocycles. The highest BCUT2D eigenvalue weighted by Gasteiger charge is 2.51. The maximum atomic E-state index is 12.5. The van der Waals surface area contributed by atoms with E-state index in [1.807, 2.05) is 16.7 Å². The van der Waals surface area contributed by atoms with E-state index < -0.39 is 0 Å². The van der Waals surface area contributed by atoms with Gasteiger partial charge in [0.1, 0.15) is 6.10 Å². The zero-order valence-corrected chi connectivity index (χ0v) is 17.2. The highest BCUT2D eigenvalue weighted by atomic mass is 16.6. The van der Waals surface area contributed by atoms with E-state index >= 15 is 0 Å². The maximum Gasteiger partial charge on any atom is 0.410 e. The molecule has 0 bridgehead atoms. The van der Waals surface area contributed by atoms with Crippen molar-refractivity contribution < 1.29 is 14.3 Å². The molecule has 0 N–H and O–H groups in total. The number of carbonyl (C=O) groups excluding carboxylic acids is 2. The fourth-order valence-corrected chi connectivity index (χ4v) is 4.89. The number of benzene rings is 1. The average molecular weight is 386 g/mol. The van der Waals surface area contributed by atoms with Crippen LogP contribution >= 0.6 is 0 Å². The van der Waals surface area contributed by atoms with Gasteiger partial charge in [-0.1, -0.05) is 25.1 Å². The van der Waals surface area contributed by atoms with Crippen LogP contribution in [0.3, 0.4) is 0 Å². The Labute approximate surface area is 167 Å². The van der Waals surface area contributed by atoms with Crippen molar-refractivity contribution in [2.45, 2.75) is 64.8 Å².